The van der Waals surface area contributed by atoms with Crippen molar-refractivity contribution in [3.8, 4) is 0 Å². The third-order valence-electron chi connectivity index (χ3n) is 4.89. The van der Waals surface area contributed by atoms with Gasteiger partial charge in [0, 0.05) is 44.3 Å². The molecule has 0 saturated carbocycles. The first-order valence-corrected chi connectivity index (χ1v) is 9.35. The van der Waals surface area contributed by atoms with Crippen LogP contribution in [0, 0.1) is 12.8 Å². The van der Waals surface area contributed by atoms with E-state index in [4.69, 9.17) is 10.5 Å². The van der Waals surface area contributed by atoms with E-state index in [-0.39, 0.29) is 30.1 Å². The van der Waals surface area contributed by atoms with E-state index in [2.05, 4.69) is 0 Å². The molecule has 1 aromatic rings. The number of carbonyl (C=O) groups is 2. The van der Waals surface area contributed by atoms with Crippen molar-refractivity contribution in [1.29, 1.82) is 0 Å². The highest BCUT2D eigenvalue weighted by atomic mass is 35.5. The van der Waals surface area contributed by atoms with E-state index >= 15 is 0 Å². The van der Waals surface area contributed by atoms with Gasteiger partial charge in [0.1, 0.15) is 0 Å². The number of aryl methyl sites for hydroxylation is 1. The summed E-state index contributed by atoms with van der Waals surface area (Å²) in [5, 5.41) is 0. The third-order valence-corrected chi connectivity index (χ3v) is 5.88. The fourth-order valence-corrected chi connectivity index (χ4v) is 4.16. The molecule has 0 bridgehead atoms. The maximum Gasteiger partial charge on any atom is 0.264 e. The second-order valence-electron chi connectivity index (χ2n) is 6.50. The number of nitrogens with two attached hydrogens (primary N) is 1. The maximum absolute atomic E-state index is 12.6. The summed E-state index contributed by atoms with van der Waals surface area (Å²) < 4.78 is 5.34. The minimum atomic E-state index is -0.448. The van der Waals surface area contributed by atoms with Crippen LogP contribution in [0.5, 0.6) is 0 Å². The van der Waals surface area contributed by atoms with Crippen molar-refractivity contribution in [2.75, 3.05) is 39.4 Å². The Balaban J connectivity index is 0.00000225. The van der Waals surface area contributed by atoms with Crippen LogP contribution in [0.4, 0.5) is 0 Å². The van der Waals surface area contributed by atoms with E-state index < -0.39 is 6.04 Å². The van der Waals surface area contributed by atoms with Gasteiger partial charge in [0.15, 0.2) is 0 Å². The van der Waals surface area contributed by atoms with Crippen molar-refractivity contribution in [1.82, 2.24) is 9.80 Å². The van der Waals surface area contributed by atoms with Gasteiger partial charge < -0.3 is 20.3 Å². The second kappa shape index (κ2) is 8.98. The molecule has 1 unspecified atom stereocenters. The lowest BCUT2D eigenvalue weighted by Gasteiger charge is -2.37. The summed E-state index contributed by atoms with van der Waals surface area (Å²) in [6.45, 7) is 5.64. The van der Waals surface area contributed by atoms with Crippen LogP contribution in [0.25, 0.3) is 0 Å². The molecule has 0 aromatic carbocycles. The minimum Gasteiger partial charge on any atom is -0.381 e. The third kappa shape index (κ3) is 4.73. The molecule has 3 heterocycles. The van der Waals surface area contributed by atoms with Gasteiger partial charge in [-0.05, 0) is 37.8 Å². The Morgan fingerprint density at radius 2 is 1.76 bits per heavy atom. The maximum atomic E-state index is 12.6. The largest absolute Gasteiger partial charge is 0.381 e. The van der Waals surface area contributed by atoms with Crippen molar-refractivity contribution in [2.45, 2.75) is 25.8 Å². The first-order valence-electron chi connectivity index (χ1n) is 8.54. The van der Waals surface area contributed by atoms with Crippen molar-refractivity contribution in [3.05, 3.63) is 21.9 Å². The Kier molecular flexibility index (Phi) is 7.25. The normalized spacial score (nSPS) is 20.1. The van der Waals surface area contributed by atoms with Crippen LogP contribution in [0.1, 0.15) is 27.4 Å². The van der Waals surface area contributed by atoms with E-state index in [1.54, 1.807) is 0 Å². The molecule has 2 aliphatic heterocycles. The fourth-order valence-electron chi connectivity index (χ4n) is 3.32. The fraction of sp³-hybridized carbons (Fsp3) is 0.647. The van der Waals surface area contributed by atoms with Crippen molar-refractivity contribution >= 4 is 35.6 Å². The number of rotatable bonds is 3. The first-order chi connectivity index (χ1) is 11.6. The monoisotopic (exact) mass is 387 g/mol. The molecule has 3 rings (SSSR count). The highest BCUT2D eigenvalue weighted by molar-refractivity contribution is 7.13. The van der Waals surface area contributed by atoms with Gasteiger partial charge in [0.25, 0.3) is 5.91 Å². The molecule has 2 aliphatic rings. The highest BCUT2D eigenvalue weighted by Gasteiger charge is 2.32. The van der Waals surface area contributed by atoms with Crippen molar-refractivity contribution in [3.63, 3.8) is 0 Å². The summed E-state index contributed by atoms with van der Waals surface area (Å²) in [7, 11) is 0. The van der Waals surface area contributed by atoms with E-state index in [1.165, 1.54) is 11.3 Å². The van der Waals surface area contributed by atoms with E-state index in [1.807, 2.05) is 28.9 Å². The summed E-state index contributed by atoms with van der Waals surface area (Å²) in [5.74, 6) is 0.287. The molecule has 1 atom stereocenters. The predicted octanol–water partition coefficient (Wildman–Crippen LogP) is 1.52. The zero-order chi connectivity index (χ0) is 17.1. The molecule has 8 heteroatoms. The van der Waals surface area contributed by atoms with Crippen LogP contribution in [0.15, 0.2) is 12.1 Å². The van der Waals surface area contributed by atoms with Crippen LogP contribution in [0.3, 0.4) is 0 Å². The molecule has 140 valence electrons. The van der Waals surface area contributed by atoms with Crippen LogP contribution >= 0.6 is 23.7 Å². The zero-order valence-electron chi connectivity index (χ0n) is 14.5. The Hall–Kier alpha value is -1.15. The van der Waals surface area contributed by atoms with Crippen molar-refractivity contribution < 1.29 is 14.3 Å². The van der Waals surface area contributed by atoms with E-state index in [9.17, 15) is 9.59 Å². The molecule has 2 fully saturated rings. The molecule has 6 nitrogen and oxygen atoms in total. The molecule has 0 aliphatic carbocycles. The SMILES string of the molecule is Cc1ccc(C(=O)N2CCN(C(=O)C(N)C3CCOCC3)CC2)s1.Cl. The van der Waals surface area contributed by atoms with Gasteiger partial charge in [-0.15, -0.1) is 23.7 Å². The molecule has 1 aromatic heterocycles. The summed E-state index contributed by atoms with van der Waals surface area (Å²) in [6.07, 6.45) is 1.70. The molecular formula is C17H26ClN3O3S. The highest BCUT2D eigenvalue weighted by Crippen LogP contribution is 2.21. The molecule has 25 heavy (non-hydrogen) atoms. The van der Waals surface area contributed by atoms with Gasteiger partial charge in [-0.25, -0.2) is 0 Å². The zero-order valence-corrected chi connectivity index (χ0v) is 16.1. The average molecular weight is 388 g/mol. The van der Waals surface area contributed by atoms with E-state index in [0.717, 1.165) is 22.6 Å². The van der Waals surface area contributed by atoms with Gasteiger partial charge in [-0.2, -0.15) is 0 Å². The van der Waals surface area contributed by atoms with Crippen LogP contribution in [0.2, 0.25) is 0 Å². The van der Waals surface area contributed by atoms with Crippen LogP contribution in [-0.4, -0.2) is 67.0 Å². The Morgan fingerprint density at radius 3 is 2.32 bits per heavy atom. The van der Waals surface area contributed by atoms with Gasteiger partial charge in [-0.3, -0.25) is 9.59 Å². The van der Waals surface area contributed by atoms with Gasteiger partial charge in [0.2, 0.25) is 5.91 Å². The number of piperazine rings is 1. The van der Waals surface area contributed by atoms with E-state index in [0.29, 0.717) is 39.4 Å². The molecular weight excluding hydrogens is 362 g/mol. The standard InChI is InChI=1S/C17H25N3O3S.ClH/c1-12-2-3-14(24-12)16(21)19-6-8-20(9-7-19)17(22)15(18)13-4-10-23-11-5-13;/h2-3,13,15H,4-11,18H2,1H3;1H. The lowest BCUT2D eigenvalue weighted by molar-refractivity contribution is -0.136. The summed E-state index contributed by atoms with van der Waals surface area (Å²) in [4.78, 5) is 30.6. The first kappa shape index (κ1) is 20.2. The molecule has 0 radical (unpaired) electrons. The molecule has 2 N–H and O–H groups in total. The number of carbonyl (C=O) groups excluding carboxylic acids is 2. The lowest BCUT2D eigenvalue weighted by Crippen LogP contribution is -2.56. The number of thiophene rings is 1. The lowest BCUT2D eigenvalue weighted by atomic mass is 9.91. The Bertz CT molecular complexity index is 596. The van der Waals surface area contributed by atoms with Crippen LogP contribution in [-0.2, 0) is 9.53 Å². The number of ether oxygens (including phenoxy) is 1. The minimum absolute atomic E-state index is 0. The number of hydrogen-bond acceptors (Lipinski definition) is 5. The average Bonchev–Trinajstić information content (AvgIpc) is 3.07. The summed E-state index contributed by atoms with van der Waals surface area (Å²) in [5.41, 5.74) is 6.19. The Morgan fingerprint density at radius 1 is 1.16 bits per heavy atom. The number of halogens is 1. The number of amides is 2. The molecule has 2 amide bonds. The smallest absolute Gasteiger partial charge is 0.264 e. The number of nitrogens with zero attached hydrogens (tertiary/aromatic N) is 2. The van der Waals surface area contributed by atoms with Gasteiger partial charge in [0.05, 0.1) is 10.9 Å². The van der Waals surface area contributed by atoms with Gasteiger partial charge in [-0.1, -0.05) is 0 Å². The number of hydrogen-bond donors (Lipinski definition) is 1. The quantitative estimate of drug-likeness (QED) is 0.853. The summed E-state index contributed by atoms with van der Waals surface area (Å²) in [6, 6.07) is 3.39. The summed E-state index contributed by atoms with van der Waals surface area (Å²) >= 11 is 1.52. The second-order valence-corrected chi connectivity index (χ2v) is 7.79. The molecule has 0 spiro atoms. The predicted molar refractivity (Wildman–Crippen MR) is 100 cm³/mol. The van der Waals surface area contributed by atoms with Crippen molar-refractivity contribution in [2.24, 2.45) is 11.7 Å². The van der Waals surface area contributed by atoms with Crippen LogP contribution < -0.4 is 5.73 Å². The topological polar surface area (TPSA) is 75.9 Å². The molecule has 2 saturated heterocycles. The van der Waals surface area contributed by atoms with Gasteiger partial charge >= 0.3 is 0 Å². The Labute approximate surface area is 158 Å².